The summed E-state index contributed by atoms with van der Waals surface area (Å²) in [4.78, 5) is 10.1. The van der Waals surface area contributed by atoms with Crippen LogP contribution in [0.5, 0.6) is 0 Å². The fourth-order valence-electron chi connectivity index (χ4n) is 2.50. The SMILES string of the molecule is CC(C)C1CCN(S(=O)(=O)c2cc([N+](=O)[O-])c(Cl)s2)CC1. The molecule has 0 N–H and O–H groups in total. The highest BCUT2D eigenvalue weighted by Gasteiger charge is 2.33. The number of rotatable bonds is 4. The first-order valence-electron chi connectivity index (χ1n) is 6.67. The van der Waals surface area contributed by atoms with E-state index in [1.165, 1.54) is 4.31 Å². The molecule has 1 aliphatic rings. The van der Waals surface area contributed by atoms with Crippen molar-refractivity contribution < 1.29 is 13.3 Å². The molecule has 0 atom stereocenters. The maximum Gasteiger partial charge on any atom is 0.300 e. The minimum absolute atomic E-state index is 0.0535. The van der Waals surface area contributed by atoms with E-state index in [9.17, 15) is 18.5 Å². The Morgan fingerprint density at radius 3 is 2.43 bits per heavy atom. The molecule has 1 aromatic heterocycles. The zero-order chi connectivity index (χ0) is 15.8. The Morgan fingerprint density at radius 2 is 2.00 bits per heavy atom. The van der Waals surface area contributed by atoms with E-state index >= 15 is 0 Å². The van der Waals surface area contributed by atoms with Crippen molar-refractivity contribution in [3.05, 3.63) is 20.5 Å². The Hall–Kier alpha value is -0.700. The van der Waals surface area contributed by atoms with Crippen LogP contribution in [0.15, 0.2) is 10.3 Å². The van der Waals surface area contributed by atoms with Crippen LogP contribution in [0.2, 0.25) is 4.34 Å². The molecule has 1 aromatic rings. The van der Waals surface area contributed by atoms with E-state index in [1.54, 1.807) is 0 Å². The number of piperidine rings is 1. The molecule has 2 heterocycles. The maximum atomic E-state index is 12.5. The molecule has 1 fully saturated rings. The summed E-state index contributed by atoms with van der Waals surface area (Å²) in [6.45, 7) is 5.18. The molecule has 0 bridgehead atoms. The van der Waals surface area contributed by atoms with Gasteiger partial charge in [0.15, 0.2) is 4.34 Å². The Morgan fingerprint density at radius 1 is 1.43 bits per heavy atom. The molecule has 0 amide bonds. The van der Waals surface area contributed by atoms with E-state index in [0.29, 0.717) is 24.9 Å². The summed E-state index contributed by atoms with van der Waals surface area (Å²) in [6, 6.07) is 1.05. The fraction of sp³-hybridized carbons (Fsp3) is 0.667. The lowest BCUT2D eigenvalue weighted by Gasteiger charge is -2.32. The largest absolute Gasteiger partial charge is 0.300 e. The van der Waals surface area contributed by atoms with Gasteiger partial charge in [0.1, 0.15) is 4.21 Å². The third-order valence-electron chi connectivity index (χ3n) is 3.88. The molecule has 0 unspecified atom stereocenters. The van der Waals surface area contributed by atoms with Crippen molar-refractivity contribution in [2.45, 2.75) is 30.9 Å². The van der Waals surface area contributed by atoms with Crippen LogP contribution in [0.25, 0.3) is 0 Å². The Kier molecular flexibility index (Phi) is 4.92. The topological polar surface area (TPSA) is 80.5 Å². The van der Waals surface area contributed by atoms with Crippen LogP contribution in [-0.2, 0) is 10.0 Å². The standard InChI is InChI=1S/C12H17ClN2O4S2/c1-8(2)9-3-5-14(6-4-9)21(18,19)11-7-10(15(16)17)12(13)20-11/h7-9H,3-6H2,1-2H3. The summed E-state index contributed by atoms with van der Waals surface area (Å²) in [7, 11) is -3.68. The zero-order valence-electron chi connectivity index (χ0n) is 11.8. The first kappa shape index (κ1) is 16.7. The second-order valence-electron chi connectivity index (χ2n) is 5.47. The van der Waals surface area contributed by atoms with Gasteiger partial charge in [-0.1, -0.05) is 25.4 Å². The fourth-order valence-corrected chi connectivity index (χ4v) is 5.79. The van der Waals surface area contributed by atoms with Gasteiger partial charge in [0.05, 0.1) is 4.92 Å². The molecule has 0 saturated carbocycles. The van der Waals surface area contributed by atoms with E-state index in [1.807, 2.05) is 0 Å². The Bertz CT molecular complexity index is 634. The predicted octanol–water partition coefficient (Wildman–Crippen LogP) is 3.37. The number of hydrogen-bond donors (Lipinski definition) is 0. The number of nitro groups is 1. The van der Waals surface area contributed by atoms with Gasteiger partial charge in [-0.2, -0.15) is 4.31 Å². The molecule has 0 aliphatic carbocycles. The van der Waals surface area contributed by atoms with Crippen molar-refractivity contribution in [3.63, 3.8) is 0 Å². The normalized spacial score (nSPS) is 18.3. The molecule has 21 heavy (non-hydrogen) atoms. The van der Waals surface area contributed by atoms with Crippen LogP contribution < -0.4 is 0 Å². The van der Waals surface area contributed by atoms with Gasteiger partial charge in [-0.3, -0.25) is 10.1 Å². The molecule has 0 aromatic carbocycles. The summed E-state index contributed by atoms with van der Waals surface area (Å²) in [6.07, 6.45) is 1.64. The lowest BCUT2D eigenvalue weighted by molar-refractivity contribution is -0.384. The van der Waals surface area contributed by atoms with Crippen molar-refractivity contribution in [2.24, 2.45) is 11.8 Å². The molecule has 1 saturated heterocycles. The summed E-state index contributed by atoms with van der Waals surface area (Å²) in [5.74, 6) is 1.06. The number of sulfonamides is 1. The van der Waals surface area contributed by atoms with Gasteiger partial charge in [0.25, 0.3) is 15.7 Å². The minimum atomic E-state index is -3.68. The van der Waals surface area contributed by atoms with Gasteiger partial charge in [0, 0.05) is 19.2 Å². The van der Waals surface area contributed by atoms with E-state index in [2.05, 4.69) is 13.8 Å². The maximum absolute atomic E-state index is 12.5. The lowest BCUT2D eigenvalue weighted by Crippen LogP contribution is -2.39. The van der Waals surface area contributed by atoms with Gasteiger partial charge >= 0.3 is 0 Å². The molecular formula is C12H17ClN2O4S2. The third-order valence-corrected chi connectivity index (χ3v) is 7.56. The molecule has 118 valence electrons. The quantitative estimate of drug-likeness (QED) is 0.614. The van der Waals surface area contributed by atoms with E-state index < -0.39 is 14.9 Å². The highest BCUT2D eigenvalue weighted by molar-refractivity contribution is 7.91. The van der Waals surface area contributed by atoms with Crippen LogP contribution >= 0.6 is 22.9 Å². The summed E-state index contributed by atoms with van der Waals surface area (Å²) in [5, 5.41) is 10.8. The second kappa shape index (κ2) is 6.20. The van der Waals surface area contributed by atoms with Crippen molar-refractivity contribution in [1.29, 1.82) is 0 Å². The number of halogens is 1. The highest BCUT2D eigenvalue weighted by Crippen LogP contribution is 2.38. The van der Waals surface area contributed by atoms with Crippen molar-refractivity contribution in [2.75, 3.05) is 13.1 Å². The van der Waals surface area contributed by atoms with E-state index in [0.717, 1.165) is 30.2 Å². The van der Waals surface area contributed by atoms with Gasteiger partial charge in [-0.05, 0) is 24.7 Å². The highest BCUT2D eigenvalue weighted by atomic mass is 35.5. The minimum Gasteiger partial charge on any atom is -0.258 e. The Labute approximate surface area is 132 Å². The summed E-state index contributed by atoms with van der Waals surface area (Å²) >= 11 is 6.49. The zero-order valence-corrected chi connectivity index (χ0v) is 14.2. The summed E-state index contributed by atoms with van der Waals surface area (Å²) in [5.41, 5.74) is -0.350. The third kappa shape index (κ3) is 3.39. The Balaban J connectivity index is 2.20. The van der Waals surface area contributed by atoms with Crippen molar-refractivity contribution in [3.8, 4) is 0 Å². The first-order chi connectivity index (χ1) is 9.73. The molecule has 1 aliphatic heterocycles. The number of nitrogens with zero attached hydrogens (tertiary/aromatic N) is 2. The lowest BCUT2D eigenvalue weighted by atomic mass is 9.87. The molecule has 0 spiro atoms. The van der Waals surface area contributed by atoms with Crippen LogP contribution in [0.4, 0.5) is 5.69 Å². The van der Waals surface area contributed by atoms with Crippen molar-refractivity contribution in [1.82, 2.24) is 4.31 Å². The number of thiophene rings is 1. The van der Waals surface area contributed by atoms with E-state index in [-0.39, 0.29) is 14.2 Å². The number of hydrogen-bond acceptors (Lipinski definition) is 5. The molecule has 2 rings (SSSR count). The molecule has 6 nitrogen and oxygen atoms in total. The monoisotopic (exact) mass is 352 g/mol. The molecular weight excluding hydrogens is 336 g/mol. The van der Waals surface area contributed by atoms with Crippen LogP contribution in [0.3, 0.4) is 0 Å². The van der Waals surface area contributed by atoms with Gasteiger partial charge in [0.2, 0.25) is 0 Å². The van der Waals surface area contributed by atoms with Gasteiger partial charge in [-0.15, -0.1) is 11.3 Å². The van der Waals surface area contributed by atoms with Gasteiger partial charge < -0.3 is 0 Å². The van der Waals surface area contributed by atoms with Crippen LogP contribution in [0.1, 0.15) is 26.7 Å². The molecule has 9 heteroatoms. The molecule has 0 radical (unpaired) electrons. The summed E-state index contributed by atoms with van der Waals surface area (Å²) < 4.78 is 26.3. The first-order valence-corrected chi connectivity index (χ1v) is 9.30. The van der Waals surface area contributed by atoms with Crippen molar-refractivity contribution >= 4 is 38.6 Å². The van der Waals surface area contributed by atoms with Crippen LogP contribution in [0, 0.1) is 22.0 Å². The van der Waals surface area contributed by atoms with Crippen LogP contribution in [-0.4, -0.2) is 30.7 Å². The van der Waals surface area contributed by atoms with Gasteiger partial charge in [-0.25, -0.2) is 8.42 Å². The predicted molar refractivity (Wildman–Crippen MR) is 82.3 cm³/mol. The smallest absolute Gasteiger partial charge is 0.258 e. The average molecular weight is 353 g/mol. The second-order valence-corrected chi connectivity index (χ2v) is 9.29. The van der Waals surface area contributed by atoms with E-state index in [4.69, 9.17) is 11.6 Å². The average Bonchev–Trinajstić information content (AvgIpc) is 2.82.